The molecule has 0 bridgehead atoms. The maximum Gasteiger partial charge on any atom is 0.326 e. The van der Waals surface area contributed by atoms with E-state index in [2.05, 4.69) is 24.3 Å². The van der Waals surface area contributed by atoms with E-state index in [0.29, 0.717) is 5.25 Å². The van der Waals surface area contributed by atoms with Crippen LogP contribution in [0.4, 0.5) is 0 Å². The van der Waals surface area contributed by atoms with Crippen LogP contribution >= 0.6 is 11.8 Å². The van der Waals surface area contributed by atoms with Crippen LogP contribution in [0.1, 0.15) is 36.6 Å². The molecule has 0 fully saturated rings. The predicted molar refractivity (Wildman–Crippen MR) is 104 cm³/mol. The second-order valence-electron chi connectivity index (χ2n) is 6.69. The van der Waals surface area contributed by atoms with Crippen molar-refractivity contribution in [2.75, 3.05) is 0 Å². The first kappa shape index (κ1) is 17.2. The quantitative estimate of drug-likeness (QED) is 0.590. The number of imidazole rings is 1. The van der Waals surface area contributed by atoms with E-state index < -0.39 is 0 Å². The van der Waals surface area contributed by atoms with Gasteiger partial charge in [-0.15, -0.1) is 0 Å². The fraction of sp³-hybridized carbons (Fsp3) is 0.333. The second-order valence-corrected chi connectivity index (χ2v) is 7.86. The van der Waals surface area contributed by atoms with E-state index in [1.54, 1.807) is 11.8 Å². The Balaban J connectivity index is 1.61. The van der Waals surface area contributed by atoms with Gasteiger partial charge in [0.05, 0.1) is 17.1 Å². The van der Waals surface area contributed by atoms with Crippen LogP contribution in [-0.4, -0.2) is 21.6 Å². The minimum absolute atomic E-state index is 0.0631. The lowest BCUT2D eigenvalue weighted by atomic mass is 9.88. The number of ether oxygens (including phenoxy) is 1. The van der Waals surface area contributed by atoms with E-state index in [1.165, 1.54) is 11.1 Å². The largest absolute Gasteiger partial charge is 0.461 e. The van der Waals surface area contributed by atoms with Gasteiger partial charge in [-0.25, -0.2) is 4.98 Å². The predicted octanol–water partition coefficient (Wildman–Crippen LogP) is 4.77. The average molecular weight is 366 g/mol. The van der Waals surface area contributed by atoms with Crippen molar-refractivity contribution in [2.24, 2.45) is 0 Å². The fourth-order valence-electron chi connectivity index (χ4n) is 3.22. The molecule has 134 valence electrons. The zero-order chi connectivity index (χ0) is 18.1. The Kier molecular flexibility index (Phi) is 4.72. The Morgan fingerprint density at radius 3 is 2.85 bits per heavy atom. The SMILES string of the molecule is CCC(C)OC(=O)Cn1c(SC2Cc3ccccc32)nc2ccccc21. The van der Waals surface area contributed by atoms with Crippen LogP contribution in [0.3, 0.4) is 0 Å². The summed E-state index contributed by atoms with van der Waals surface area (Å²) in [4.78, 5) is 17.1. The van der Waals surface area contributed by atoms with Crippen molar-refractivity contribution in [3.05, 3.63) is 59.7 Å². The number of rotatable bonds is 6. The van der Waals surface area contributed by atoms with Gasteiger partial charge >= 0.3 is 5.97 Å². The zero-order valence-electron chi connectivity index (χ0n) is 15.0. The summed E-state index contributed by atoms with van der Waals surface area (Å²) >= 11 is 1.74. The molecule has 0 N–H and O–H groups in total. The van der Waals surface area contributed by atoms with E-state index in [9.17, 15) is 4.79 Å². The molecule has 0 saturated heterocycles. The lowest BCUT2D eigenvalue weighted by Gasteiger charge is -2.29. The van der Waals surface area contributed by atoms with Gasteiger partial charge < -0.3 is 9.30 Å². The number of esters is 1. The van der Waals surface area contributed by atoms with Crippen molar-refractivity contribution in [2.45, 2.75) is 49.7 Å². The van der Waals surface area contributed by atoms with Gasteiger partial charge in [0.25, 0.3) is 0 Å². The smallest absolute Gasteiger partial charge is 0.326 e. The average Bonchev–Trinajstić information content (AvgIpc) is 2.97. The molecule has 2 unspecified atom stereocenters. The monoisotopic (exact) mass is 366 g/mol. The number of fused-ring (bicyclic) bond motifs is 2. The van der Waals surface area contributed by atoms with Crippen molar-refractivity contribution in [3.63, 3.8) is 0 Å². The number of hydrogen-bond acceptors (Lipinski definition) is 4. The van der Waals surface area contributed by atoms with Crippen LogP contribution in [-0.2, 0) is 22.5 Å². The van der Waals surface area contributed by atoms with Crippen molar-refractivity contribution in [1.82, 2.24) is 9.55 Å². The summed E-state index contributed by atoms with van der Waals surface area (Å²) < 4.78 is 7.47. The number of nitrogens with zero attached hydrogens (tertiary/aromatic N) is 2. The van der Waals surface area contributed by atoms with Gasteiger partial charge in [0.15, 0.2) is 5.16 Å². The van der Waals surface area contributed by atoms with Crippen molar-refractivity contribution in [3.8, 4) is 0 Å². The molecular weight excluding hydrogens is 344 g/mol. The maximum atomic E-state index is 12.4. The van der Waals surface area contributed by atoms with Gasteiger partial charge in [0, 0.05) is 5.25 Å². The summed E-state index contributed by atoms with van der Waals surface area (Å²) in [7, 11) is 0. The molecule has 0 aliphatic heterocycles. The highest BCUT2D eigenvalue weighted by atomic mass is 32.2. The molecule has 4 nitrogen and oxygen atoms in total. The summed E-state index contributed by atoms with van der Waals surface area (Å²) in [5, 5.41) is 1.28. The molecule has 3 aromatic rings. The van der Waals surface area contributed by atoms with Crippen LogP contribution in [0, 0.1) is 0 Å². The fourth-order valence-corrected chi connectivity index (χ4v) is 4.53. The molecule has 2 atom stereocenters. The minimum atomic E-state index is -0.210. The zero-order valence-corrected chi connectivity index (χ0v) is 15.8. The molecule has 0 saturated carbocycles. The summed E-state index contributed by atoms with van der Waals surface area (Å²) in [6.45, 7) is 4.13. The molecule has 5 heteroatoms. The van der Waals surface area contributed by atoms with Gasteiger partial charge in [-0.1, -0.05) is 55.1 Å². The molecule has 2 aromatic carbocycles. The van der Waals surface area contributed by atoms with Gasteiger partial charge in [-0.05, 0) is 43.0 Å². The normalized spacial score (nSPS) is 16.8. The van der Waals surface area contributed by atoms with Crippen molar-refractivity contribution < 1.29 is 9.53 Å². The summed E-state index contributed by atoms with van der Waals surface area (Å²) in [5.41, 5.74) is 4.67. The molecule has 1 aliphatic rings. The van der Waals surface area contributed by atoms with Crippen LogP contribution < -0.4 is 0 Å². The molecule has 0 radical (unpaired) electrons. The molecule has 4 rings (SSSR count). The standard InChI is InChI=1S/C21H22N2O2S/c1-3-14(2)25-20(24)13-23-18-11-7-6-10-17(18)22-21(23)26-19-12-15-8-4-5-9-16(15)19/h4-11,14,19H,3,12-13H2,1-2H3. The third-order valence-electron chi connectivity index (χ3n) is 4.87. The third-order valence-corrected chi connectivity index (χ3v) is 6.10. The van der Waals surface area contributed by atoms with Crippen LogP contribution in [0.25, 0.3) is 11.0 Å². The number of thioether (sulfide) groups is 1. The Morgan fingerprint density at radius 1 is 1.27 bits per heavy atom. The van der Waals surface area contributed by atoms with E-state index in [0.717, 1.165) is 29.0 Å². The Labute approximate surface area is 157 Å². The number of benzene rings is 2. The molecule has 0 amide bonds. The summed E-state index contributed by atoms with van der Waals surface area (Å²) in [6, 6.07) is 16.5. The Morgan fingerprint density at radius 2 is 2.04 bits per heavy atom. The first-order valence-electron chi connectivity index (χ1n) is 9.05. The van der Waals surface area contributed by atoms with E-state index >= 15 is 0 Å². The minimum Gasteiger partial charge on any atom is -0.461 e. The third kappa shape index (κ3) is 3.23. The molecular formula is C21H22N2O2S. The number of hydrogen-bond donors (Lipinski definition) is 0. The second kappa shape index (κ2) is 7.16. The number of carbonyl (C=O) groups excluding carboxylic acids is 1. The number of para-hydroxylation sites is 2. The van der Waals surface area contributed by atoms with Gasteiger partial charge in [0.2, 0.25) is 0 Å². The highest BCUT2D eigenvalue weighted by molar-refractivity contribution is 7.99. The van der Waals surface area contributed by atoms with E-state index in [4.69, 9.17) is 9.72 Å². The summed E-state index contributed by atoms with van der Waals surface area (Å²) in [6.07, 6.45) is 1.80. The lowest BCUT2D eigenvalue weighted by Crippen LogP contribution is -2.20. The van der Waals surface area contributed by atoms with Crippen LogP contribution in [0.15, 0.2) is 53.7 Å². The first-order valence-corrected chi connectivity index (χ1v) is 9.93. The highest BCUT2D eigenvalue weighted by Gasteiger charge is 2.28. The topological polar surface area (TPSA) is 44.1 Å². The van der Waals surface area contributed by atoms with Gasteiger partial charge in [0.1, 0.15) is 6.54 Å². The molecule has 0 spiro atoms. The first-order chi connectivity index (χ1) is 12.7. The van der Waals surface area contributed by atoms with Gasteiger partial charge in [-0.3, -0.25) is 4.79 Å². The molecule has 1 aliphatic carbocycles. The number of carbonyl (C=O) groups is 1. The van der Waals surface area contributed by atoms with E-state index in [-0.39, 0.29) is 18.6 Å². The molecule has 1 aromatic heterocycles. The van der Waals surface area contributed by atoms with Crippen LogP contribution in [0.2, 0.25) is 0 Å². The summed E-state index contributed by atoms with van der Waals surface area (Å²) in [5.74, 6) is -0.210. The highest BCUT2D eigenvalue weighted by Crippen LogP contribution is 2.46. The van der Waals surface area contributed by atoms with Crippen molar-refractivity contribution in [1.29, 1.82) is 0 Å². The van der Waals surface area contributed by atoms with Gasteiger partial charge in [-0.2, -0.15) is 0 Å². The Hall–Kier alpha value is -2.27. The van der Waals surface area contributed by atoms with Crippen LogP contribution in [0.5, 0.6) is 0 Å². The maximum absolute atomic E-state index is 12.4. The number of aromatic nitrogens is 2. The molecule has 26 heavy (non-hydrogen) atoms. The molecule has 1 heterocycles. The Bertz CT molecular complexity index is 950. The lowest BCUT2D eigenvalue weighted by molar-refractivity contribution is -0.149. The van der Waals surface area contributed by atoms with E-state index in [1.807, 2.05) is 42.7 Å². The van der Waals surface area contributed by atoms with Crippen molar-refractivity contribution >= 4 is 28.8 Å².